The van der Waals surface area contributed by atoms with Gasteiger partial charge in [-0.3, -0.25) is 20.4 Å². The quantitative estimate of drug-likeness (QED) is 0.454. The molecule has 0 fully saturated rings. The van der Waals surface area contributed by atoms with Gasteiger partial charge < -0.3 is 10.6 Å². The molecule has 1 aliphatic rings. The molecule has 1 aromatic heterocycles. The molecule has 0 spiro atoms. The first-order chi connectivity index (χ1) is 13.9. The summed E-state index contributed by atoms with van der Waals surface area (Å²) in [6, 6.07) is 8.09. The number of urea groups is 1. The second-order valence-electron chi connectivity index (χ2n) is 7.36. The van der Waals surface area contributed by atoms with Gasteiger partial charge >= 0.3 is 6.03 Å². The van der Waals surface area contributed by atoms with Crippen LogP contribution in [0.15, 0.2) is 30.3 Å². The number of rotatable bonds is 4. The number of fused-ring (bicyclic) bond motifs is 1. The lowest BCUT2D eigenvalue weighted by molar-refractivity contribution is 0.0849. The first kappa shape index (κ1) is 20.9. The predicted octanol–water partition coefficient (Wildman–Crippen LogP) is 3.62. The van der Waals surface area contributed by atoms with Gasteiger partial charge in [-0.2, -0.15) is 0 Å². The summed E-state index contributed by atoms with van der Waals surface area (Å²) in [5.74, 6) is -0.727. The molecule has 0 aliphatic heterocycles. The molecule has 1 aromatic carbocycles. The van der Waals surface area contributed by atoms with E-state index in [1.807, 2.05) is 19.9 Å². The standard InChI is InChI=1S/C21H26N4O3S/c1-13(2)22-21(28)23-16-10-8-14(9-11-16)19(26)24-25-20(27)18-12-15-6-4-3-5-7-17(15)29-18/h8-13H,3-7H2,1-2H3,(H,24,26)(H,25,27)(H2,22,23,28). The maximum absolute atomic E-state index is 12.4. The van der Waals surface area contributed by atoms with E-state index in [1.54, 1.807) is 24.3 Å². The van der Waals surface area contributed by atoms with Crippen molar-refractivity contribution in [3.63, 3.8) is 0 Å². The first-order valence-electron chi connectivity index (χ1n) is 9.82. The highest BCUT2D eigenvalue weighted by Crippen LogP contribution is 2.28. The maximum atomic E-state index is 12.4. The van der Waals surface area contributed by atoms with Crippen LogP contribution in [-0.4, -0.2) is 23.9 Å². The SMILES string of the molecule is CC(C)NC(=O)Nc1ccc(C(=O)NNC(=O)c2cc3c(s2)CCCCC3)cc1. The van der Waals surface area contributed by atoms with Crippen LogP contribution in [0.5, 0.6) is 0 Å². The summed E-state index contributed by atoms with van der Waals surface area (Å²) in [6.45, 7) is 3.74. The van der Waals surface area contributed by atoms with E-state index < -0.39 is 5.91 Å². The molecule has 2 aromatic rings. The average molecular weight is 415 g/mol. The Bertz CT molecular complexity index is 866. The molecule has 154 valence electrons. The Morgan fingerprint density at radius 3 is 2.34 bits per heavy atom. The lowest BCUT2D eigenvalue weighted by Gasteiger charge is -2.10. The van der Waals surface area contributed by atoms with Crippen molar-refractivity contribution in [2.75, 3.05) is 5.32 Å². The monoisotopic (exact) mass is 414 g/mol. The molecule has 0 saturated carbocycles. The van der Waals surface area contributed by atoms with E-state index in [0.717, 1.165) is 25.7 Å². The van der Waals surface area contributed by atoms with Gasteiger partial charge in [0.1, 0.15) is 0 Å². The zero-order valence-corrected chi connectivity index (χ0v) is 17.4. The Labute approximate surface area is 174 Å². The average Bonchev–Trinajstić information content (AvgIpc) is 2.96. The molecule has 4 amide bonds. The van der Waals surface area contributed by atoms with Gasteiger partial charge in [0.05, 0.1) is 4.88 Å². The summed E-state index contributed by atoms with van der Waals surface area (Å²) in [6.07, 6.45) is 5.59. The number of anilines is 1. The largest absolute Gasteiger partial charge is 0.336 e. The van der Waals surface area contributed by atoms with Crippen LogP contribution >= 0.6 is 11.3 Å². The Balaban J connectivity index is 1.52. The van der Waals surface area contributed by atoms with E-state index in [0.29, 0.717) is 16.1 Å². The molecule has 8 heteroatoms. The summed E-state index contributed by atoms with van der Waals surface area (Å²) >= 11 is 1.51. The number of carbonyl (C=O) groups is 3. The third-order valence-electron chi connectivity index (χ3n) is 4.58. The lowest BCUT2D eigenvalue weighted by Crippen LogP contribution is -2.41. The number of thiophene rings is 1. The van der Waals surface area contributed by atoms with Crippen LogP contribution in [0.25, 0.3) is 0 Å². The molecule has 29 heavy (non-hydrogen) atoms. The van der Waals surface area contributed by atoms with Crippen molar-refractivity contribution in [2.45, 2.75) is 52.0 Å². The minimum absolute atomic E-state index is 0.0296. The van der Waals surface area contributed by atoms with Crippen molar-refractivity contribution >= 4 is 34.9 Å². The van der Waals surface area contributed by atoms with E-state index >= 15 is 0 Å². The highest BCUT2D eigenvalue weighted by molar-refractivity contribution is 7.14. The fourth-order valence-electron chi connectivity index (χ4n) is 3.16. The van der Waals surface area contributed by atoms with Gasteiger partial charge in [0, 0.05) is 22.2 Å². The van der Waals surface area contributed by atoms with Crippen LogP contribution in [0.4, 0.5) is 10.5 Å². The van der Waals surface area contributed by atoms with Gasteiger partial charge in [-0.25, -0.2) is 4.79 Å². The number of nitrogens with one attached hydrogen (secondary N) is 4. The molecule has 3 rings (SSSR count). The Kier molecular flexibility index (Phi) is 6.87. The number of hydrazine groups is 1. The van der Waals surface area contributed by atoms with Crippen LogP contribution in [0.1, 0.15) is 63.6 Å². The van der Waals surface area contributed by atoms with Crippen molar-refractivity contribution in [1.29, 1.82) is 0 Å². The second-order valence-corrected chi connectivity index (χ2v) is 8.50. The zero-order chi connectivity index (χ0) is 20.8. The molecule has 1 heterocycles. The molecule has 0 unspecified atom stereocenters. The van der Waals surface area contributed by atoms with Gasteiger partial charge in [-0.1, -0.05) is 6.42 Å². The third kappa shape index (κ3) is 5.80. The molecular weight excluding hydrogens is 388 g/mol. The van der Waals surface area contributed by atoms with Crippen molar-refractivity contribution in [1.82, 2.24) is 16.2 Å². The molecule has 0 atom stereocenters. The fraction of sp³-hybridized carbons (Fsp3) is 0.381. The topological polar surface area (TPSA) is 99.3 Å². The normalized spacial score (nSPS) is 13.2. The Hall–Kier alpha value is -2.87. The molecule has 0 bridgehead atoms. The highest BCUT2D eigenvalue weighted by Gasteiger charge is 2.17. The van der Waals surface area contributed by atoms with E-state index in [1.165, 1.54) is 28.2 Å². The summed E-state index contributed by atoms with van der Waals surface area (Å²) in [7, 11) is 0. The van der Waals surface area contributed by atoms with Crippen molar-refractivity contribution in [3.8, 4) is 0 Å². The minimum atomic E-state index is -0.422. The van der Waals surface area contributed by atoms with Crippen LogP contribution < -0.4 is 21.5 Å². The molecule has 7 nitrogen and oxygen atoms in total. The van der Waals surface area contributed by atoms with Gasteiger partial charge in [-0.15, -0.1) is 11.3 Å². The third-order valence-corrected chi connectivity index (χ3v) is 5.82. The highest BCUT2D eigenvalue weighted by atomic mass is 32.1. The fourth-order valence-corrected chi connectivity index (χ4v) is 4.31. The predicted molar refractivity (Wildman–Crippen MR) is 114 cm³/mol. The summed E-state index contributed by atoms with van der Waals surface area (Å²) in [4.78, 5) is 38.3. The zero-order valence-electron chi connectivity index (χ0n) is 16.6. The number of amides is 4. The van der Waals surface area contributed by atoms with E-state index in [9.17, 15) is 14.4 Å². The van der Waals surface area contributed by atoms with Gasteiger partial charge in [0.25, 0.3) is 11.8 Å². The van der Waals surface area contributed by atoms with Crippen molar-refractivity contribution < 1.29 is 14.4 Å². The summed E-state index contributed by atoms with van der Waals surface area (Å²) in [5.41, 5.74) is 7.14. The van der Waals surface area contributed by atoms with E-state index in [2.05, 4.69) is 21.5 Å². The summed E-state index contributed by atoms with van der Waals surface area (Å²) in [5, 5.41) is 5.41. The van der Waals surface area contributed by atoms with Crippen LogP contribution in [-0.2, 0) is 12.8 Å². The van der Waals surface area contributed by atoms with E-state index in [4.69, 9.17) is 0 Å². The first-order valence-corrected chi connectivity index (χ1v) is 10.6. The number of aryl methyl sites for hydroxylation is 2. The molecule has 0 saturated heterocycles. The van der Waals surface area contributed by atoms with Crippen molar-refractivity contribution in [3.05, 3.63) is 51.2 Å². The van der Waals surface area contributed by atoms with E-state index in [-0.39, 0.29) is 18.0 Å². The van der Waals surface area contributed by atoms with Crippen LogP contribution in [0.2, 0.25) is 0 Å². The van der Waals surface area contributed by atoms with Crippen molar-refractivity contribution in [2.24, 2.45) is 0 Å². The summed E-state index contributed by atoms with van der Waals surface area (Å²) < 4.78 is 0. The maximum Gasteiger partial charge on any atom is 0.319 e. The lowest BCUT2D eigenvalue weighted by atomic mass is 10.1. The number of hydrogen-bond donors (Lipinski definition) is 4. The van der Waals surface area contributed by atoms with Gasteiger partial charge in [0.15, 0.2) is 0 Å². The molecule has 1 aliphatic carbocycles. The molecular formula is C21H26N4O3S. The smallest absolute Gasteiger partial charge is 0.319 e. The van der Waals surface area contributed by atoms with Gasteiger partial charge in [-0.05, 0) is 75.4 Å². The number of hydrogen-bond acceptors (Lipinski definition) is 4. The minimum Gasteiger partial charge on any atom is -0.336 e. The number of carbonyl (C=O) groups excluding carboxylic acids is 3. The Morgan fingerprint density at radius 2 is 1.62 bits per heavy atom. The van der Waals surface area contributed by atoms with Crippen LogP contribution in [0, 0.1) is 0 Å². The van der Waals surface area contributed by atoms with Gasteiger partial charge in [0.2, 0.25) is 0 Å². The Morgan fingerprint density at radius 1 is 0.931 bits per heavy atom. The molecule has 4 N–H and O–H groups in total. The number of benzene rings is 1. The molecule has 0 radical (unpaired) electrons. The van der Waals surface area contributed by atoms with Crippen LogP contribution in [0.3, 0.4) is 0 Å². The second kappa shape index (κ2) is 9.56.